The highest BCUT2D eigenvalue weighted by molar-refractivity contribution is 7.98. The van der Waals surface area contributed by atoms with E-state index in [0.29, 0.717) is 22.5 Å². The lowest BCUT2D eigenvalue weighted by Gasteiger charge is -2.26. The summed E-state index contributed by atoms with van der Waals surface area (Å²) in [5.74, 6) is 1.21. The predicted molar refractivity (Wildman–Crippen MR) is 115 cm³/mol. The third-order valence-corrected chi connectivity index (χ3v) is 5.05. The van der Waals surface area contributed by atoms with Crippen LogP contribution in [0.4, 0.5) is 4.79 Å². The summed E-state index contributed by atoms with van der Waals surface area (Å²) in [6, 6.07) is 7.52. The lowest BCUT2D eigenvalue weighted by Crippen LogP contribution is -2.44. The normalized spacial score (nSPS) is 12.1. The second-order valence-corrected chi connectivity index (χ2v) is 9.49. The first-order chi connectivity index (χ1) is 14.0. The summed E-state index contributed by atoms with van der Waals surface area (Å²) in [6.45, 7) is 8.97. The number of hydrogen-bond donors (Lipinski definition) is 1. The molecule has 30 heavy (non-hydrogen) atoms. The largest absolute Gasteiger partial charge is 0.444 e. The van der Waals surface area contributed by atoms with Crippen LogP contribution in [0.5, 0.6) is 0 Å². The van der Waals surface area contributed by atoms with Crippen LogP contribution in [0.25, 0.3) is 5.69 Å². The minimum Gasteiger partial charge on any atom is -0.444 e. The van der Waals surface area contributed by atoms with Gasteiger partial charge in [-0.25, -0.2) is 9.78 Å². The number of nitrogens with zero attached hydrogens (tertiary/aromatic N) is 4. The highest BCUT2D eigenvalue weighted by atomic mass is 35.5. The number of nitrogens with one attached hydrogen (secondary N) is 1. The molecule has 0 saturated heterocycles. The van der Waals surface area contributed by atoms with Crippen LogP contribution in [0.2, 0.25) is 5.02 Å². The van der Waals surface area contributed by atoms with E-state index in [1.165, 1.54) is 11.8 Å². The van der Waals surface area contributed by atoms with Gasteiger partial charge in [0.15, 0.2) is 11.0 Å². The fraction of sp³-hybridized carbons (Fsp3) is 0.400. The molecule has 1 aromatic carbocycles. The van der Waals surface area contributed by atoms with Crippen molar-refractivity contribution in [3.8, 4) is 5.69 Å². The van der Waals surface area contributed by atoms with Gasteiger partial charge < -0.3 is 14.6 Å². The topological polar surface area (TPSA) is 95.1 Å². The van der Waals surface area contributed by atoms with Gasteiger partial charge in [-0.1, -0.05) is 34.6 Å². The second-order valence-electron chi connectivity index (χ2n) is 8.11. The number of halogens is 1. The van der Waals surface area contributed by atoms with Crippen molar-refractivity contribution in [2.75, 3.05) is 0 Å². The van der Waals surface area contributed by atoms with Gasteiger partial charge in [0.05, 0.1) is 5.75 Å². The van der Waals surface area contributed by atoms with Gasteiger partial charge in [0.1, 0.15) is 11.1 Å². The first-order valence-electron chi connectivity index (χ1n) is 9.30. The molecule has 0 unspecified atom stereocenters. The molecule has 160 valence electrons. The van der Waals surface area contributed by atoms with Crippen LogP contribution in [0.3, 0.4) is 0 Å². The molecule has 3 aromatic rings. The zero-order valence-electron chi connectivity index (χ0n) is 17.5. The average Bonchev–Trinajstić information content (AvgIpc) is 3.27. The Morgan fingerprint density at radius 3 is 2.77 bits per heavy atom. The van der Waals surface area contributed by atoms with Crippen molar-refractivity contribution in [3.63, 3.8) is 0 Å². The van der Waals surface area contributed by atoms with Crippen LogP contribution in [-0.2, 0) is 16.0 Å². The number of thioether (sulfide) groups is 1. The highest BCUT2D eigenvalue weighted by Gasteiger charge is 2.31. The Kier molecular flexibility index (Phi) is 6.42. The molecule has 0 fully saturated rings. The highest BCUT2D eigenvalue weighted by Crippen LogP contribution is 2.26. The van der Waals surface area contributed by atoms with E-state index in [1.807, 2.05) is 35.0 Å². The molecule has 3 rings (SSSR count). The second kappa shape index (κ2) is 8.69. The third kappa shape index (κ3) is 5.76. The van der Waals surface area contributed by atoms with Crippen LogP contribution < -0.4 is 5.32 Å². The summed E-state index contributed by atoms with van der Waals surface area (Å²) in [4.78, 5) is 20.9. The van der Waals surface area contributed by atoms with Gasteiger partial charge >= 0.3 is 6.09 Å². The summed E-state index contributed by atoms with van der Waals surface area (Å²) in [7, 11) is 0. The Hall–Kier alpha value is -2.52. The van der Waals surface area contributed by atoms with E-state index in [-0.39, 0.29) is 0 Å². The van der Waals surface area contributed by atoms with Gasteiger partial charge in [-0.2, -0.15) is 4.98 Å². The summed E-state index contributed by atoms with van der Waals surface area (Å²) >= 11 is 7.54. The number of alkyl carbamates (subject to hydrolysis) is 1. The van der Waals surface area contributed by atoms with Crippen molar-refractivity contribution in [1.82, 2.24) is 25.0 Å². The van der Waals surface area contributed by atoms with Gasteiger partial charge in [-0.15, -0.1) is 0 Å². The van der Waals surface area contributed by atoms with E-state index in [2.05, 4.69) is 20.4 Å². The number of carbonyl (C=O) groups excluding carboxylic acids is 1. The molecule has 0 saturated carbocycles. The van der Waals surface area contributed by atoms with Gasteiger partial charge in [0.25, 0.3) is 0 Å². The fourth-order valence-electron chi connectivity index (χ4n) is 2.53. The maximum absolute atomic E-state index is 12.1. The van der Waals surface area contributed by atoms with Gasteiger partial charge in [-0.3, -0.25) is 4.57 Å². The molecule has 0 atom stereocenters. The molecule has 2 heterocycles. The molecule has 0 aliphatic rings. The molecule has 2 aromatic heterocycles. The molecule has 10 heteroatoms. The number of hydrogen-bond acceptors (Lipinski definition) is 7. The van der Waals surface area contributed by atoms with Crippen molar-refractivity contribution in [2.24, 2.45) is 0 Å². The van der Waals surface area contributed by atoms with Crippen LogP contribution in [0.15, 0.2) is 46.3 Å². The number of aromatic nitrogens is 4. The van der Waals surface area contributed by atoms with Gasteiger partial charge in [-0.05, 0) is 52.8 Å². The summed E-state index contributed by atoms with van der Waals surface area (Å²) in [6.07, 6.45) is 3.04. The zero-order valence-corrected chi connectivity index (χ0v) is 19.0. The quantitative estimate of drug-likeness (QED) is 0.531. The van der Waals surface area contributed by atoms with Crippen molar-refractivity contribution in [3.05, 3.63) is 53.4 Å². The standard InChI is InChI=1S/C20H24ClN5O3S/c1-19(2,3)28-18(27)24-20(4,5)16-23-15(29-25-16)12-30-17-22-9-10-26(17)14-8-6-7-13(21)11-14/h6-11H,12H2,1-5H3,(H,24,27). The van der Waals surface area contributed by atoms with E-state index in [9.17, 15) is 4.79 Å². The molecule has 0 bridgehead atoms. The third-order valence-electron chi connectivity index (χ3n) is 3.86. The van der Waals surface area contributed by atoms with Crippen molar-refractivity contribution in [2.45, 2.75) is 56.7 Å². The monoisotopic (exact) mass is 449 g/mol. The maximum Gasteiger partial charge on any atom is 0.408 e. The lowest BCUT2D eigenvalue weighted by atomic mass is 10.1. The summed E-state index contributed by atoms with van der Waals surface area (Å²) in [5.41, 5.74) is -0.533. The molecule has 0 radical (unpaired) electrons. The van der Waals surface area contributed by atoms with Gasteiger partial charge in [0.2, 0.25) is 5.89 Å². The van der Waals surface area contributed by atoms with Crippen molar-refractivity contribution in [1.29, 1.82) is 0 Å². The molecular weight excluding hydrogens is 426 g/mol. The minimum absolute atomic E-state index is 0.363. The SMILES string of the molecule is CC(C)(C)OC(=O)NC(C)(C)c1noc(CSc2nccn2-c2cccc(Cl)c2)n1. The first kappa shape index (κ1) is 22.2. The van der Waals surface area contributed by atoms with E-state index < -0.39 is 17.2 Å². The smallest absolute Gasteiger partial charge is 0.408 e. The Morgan fingerprint density at radius 1 is 1.30 bits per heavy atom. The van der Waals surface area contributed by atoms with Gasteiger partial charge in [0, 0.05) is 23.1 Å². The lowest BCUT2D eigenvalue weighted by molar-refractivity contribution is 0.0465. The van der Waals surface area contributed by atoms with Crippen molar-refractivity contribution < 1.29 is 14.1 Å². The summed E-state index contributed by atoms with van der Waals surface area (Å²) in [5, 5.41) is 8.20. The average molecular weight is 450 g/mol. The maximum atomic E-state index is 12.1. The summed E-state index contributed by atoms with van der Waals surface area (Å²) < 4.78 is 12.6. The van der Waals surface area contributed by atoms with Crippen LogP contribution in [0.1, 0.15) is 46.3 Å². The molecule has 8 nitrogen and oxygen atoms in total. The molecular formula is C20H24ClN5O3S. The number of rotatable bonds is 6. The first-order valence-corrected chi connectivity index (χ1v) is 10.7. The predicted octanol–water partition coefficient (Wildman–Crippen LogP) is 4.96. The Bertz CT molecular complexity index is 1030. The van der Waals surface area contributed by atoms with Crippen LogP contribution in [0, 0.1) is 0 Å². The number of benzene rings is 1. The molecule has 0 aliphatic heterocycles. The van der Waals surface area contributed by atoms with Crippen LogP contribution >= 0.6 is 23.4 Å². The fourth-order valence-corrected chi connectivity index (χ4v) is 3.52. The van der Waals surface area contributed by atoms with Crippen molar-refractivity contribution >= 4 is 29.5 Å². The Balaban J connectivity index is 1.65. The minimum atomic E-state index is -0.853. The number of imidazole rings is 1. The molecule has 0 spiro atoms. The number of ether oxygens (including phenoxy) is 1. The molecule has 1 N–H and O–H groups in total. The number of carbonyl (C=O) groups is 1. The zero-order chi connectivity index (χ0) is 21.9. The Morgan fingerprint density at radius 2 is 2.07 bits per heavy atom. The van der Waals surface area contributed by atoms with Crippen LogP contribution in [-0.4, -0.2) is 31.4 Å². The Labute approximate surface area is 184 Å². The van der Waals surface area contributed by atoms with E-state index >= 15 is 0 Å². The van der Waals surface area contributed by atoms with E-state index in [1.54, 1.807) is 40.8 Å². The molecule has 0 aliphatic carbocycles. The molecule has 1 amide bonds. The number of amides is 1. The van der Waals surface area contributed by atoms with E-state index in [4.69, 9.17) is 20.9 Å². The van der Waals surface area contributed by atoms with E-state index in [0.717, 1.165) is 10.8 Å².